The average Bonchev–Trinajstić information content (AvgIpc) is 3.10. The predicted molar refractivity (Wildman–Crippen MR) is 94.2 cm³/mol. The van der Waals surface area contributed by atoms with Crippen LogP contribution in [0.15, 0.2) is 53.3 Å². The second-order valence-corrected chi connectivity index (χ2v) is 6.39. The molecule has 6 nitrogen and oxygen atoms in total. The minimum Gasteiger partial charge on any atom is -0.443 e. The maximum Gasteiger partial charge on any atom is 0.255 e. The Bertz CT molecular complexity index is 857. The van der Waals surface area contributed by atoms with Gasteiger partial charge in [0.25, 0.3) is 5.91 Å². The van der Waals surface area contributed by atoms with Gasteiger partial charge in [0, 0.05) is 28.8 Å². The molecule has 1 saturated heterocycles. The van der Waals surface area contributed by atoms with Crippen molar-refractivity contribution >= 4 is 40.3 Å². The molecule has 3 aromatic rings. The number of oxazole rings is 1. The fraction of sp³-hybridized carbons (Fsp3) is 0.176. The molecule has 1 fully saturated rings. The highest BCUT2D eigenvalue weighted by Gasteiger charge is 2.13. The highest BCUT2D eigenvalue weighted by Crippen LogP contribution is 2.25. The summed E-state index contributed by atoms with van der Waals surface area (Å²) < 4.78 is 12.8. The molecule has 1 amide bonds. The fourth-order valence-corrected chi connectivity index (χ4v) is 3.29. The summed E-state index contributed by atoms with van der Waals surface area (Å²) in [6.07, 6.45) is 1.39. The third-order valence-electron chi connectivity index (χ3n) is 3.69. The van der Waals surface area contributed by atoms with Crippen molar-refractivity contribution in [3.63, 3.8) is 0 Å². The van der Waals surface area contributed by atoms with Crippen molar-refractivity contribution in [1.82, 2.24) is 4.98 Å². The van der Waals surface area contributed by atoms with E-state index in [0.717, 1.165) is 23.6 Å². The number of amides is 1. The van der Waals surface area contributed by atoms with E-state index >= 15 is 0 Å². The van der Waals surface area contributed by atoms with Crippen molar-refractivity contribution in [3.05, 3.63) is 54.4 Å². The van der Waals surface area contributed by atoms with Crippen molar-refractivity contribution in [1.29, 1.82) is 0 Å². The van der Waals surface area contributed by atoms with Crippen LogP contribution in [0.3, 0.4) is 0 Å². The second-order valence-electron chi connectivity index (χ2n) is 5.28. The van der Waals surface area contributed by atoms with Crippen LogP contribution in [0, 0.1) is 0 Å². The molecule has 0 spiro atoms. The Balaban J connectivity index is 1.47. The molecule has 0 unspecified atom stereocenters. The minimum absolute atomic E-state index is 0.164. The maximum atomic E-state index is 12.4. The van der Waals surface area contributed by atoms with Crippen LogP contribution >= 0.6 is 11.9 Å². The Morgan fingerprint density at radius 2 is 2.08 bits per heavy atom. The molecule has 1 aliphatic rings. The SMILES string of the molecule is O=C(Nc1ccc2ncoc2c1)c1ccc(N2COCCS2)cc1. The zero-order valence-corrected chi connectivity index (χ0v) is 13.6. The van der Waals surface area contributed by atoms with Crippen LogP contribution in [0.2, 0.25) is 0 Å². The van der Waals surface area contributed by atoms with Gasteiger partial charge in [-0.25, -0.2) is 4.98 Å². The lowest BCUT2D eigenvalue weighted by Crippen LogP contribution is -2.25. The number of carbonyl (C=O) groups excluding carboxylic acids is 1. The number of fused-ring (bicyclic) bond motifs is 1. The number of carbonyl (C=O) groups is 1. The van der Waals surface area contributed by atoms with Gasteiger partial charge in [-0.1, -0.05) is 0 Å². The molecule has 1 aromatic heterocycles. The van der Waals surface area contributed by atoms with Crippen molar-refractivity contribution in [2.24, 2.45) is 0 Å². The number of hydrogen-bond donors (Lipinski definition) is 1. The number of anilines is 2. The standard InChI is InChI=1S/C17H15N3O3S/c21-17(19-13-3-6-15-16(9-13)23-10-18-15)12-1-4-14(5-2-12)20-11-22-7-8-24-20/h1-6,9-10H,7-8,11H2,(H,19,21). The molecule has 1 aliphatic heterocycles. The number of hydrogen-bond acceptors (Lipinski definition) is 6. The summed E-state index contributed by atoms with van der Waals surface area (Å²) in [4.78, 5) is 16.4. The number of rotatable bonds is 3. The van der Waals surface area contributed by atoms with Crippen molar-refractivity contribution in [2.45, 2.75) is 0 Å². The third-order valence-corrected chi connectivity index (χ3v) is 4.67. The van der Waals surface area contributed by atoms with Crippen LogP contribution in [0.1, 0.15) is 10.4 Å². The largest absolute Gasteiger partial charge is 0.443 e. The highest BCUT2D eigenvalue weighted by molar-refractivity contribution is 8.00. The Morgan fingerprint density at radius 1 is 1.21 bits per heavy atom. The lowest BCUT2D eigenvalue weighted by Gasteiger charge is -2.27. The van der Waals surface area contributed by atoms with E-state index in [1.807, 2.05) is 30.3 Å². The van der Waals surface area contributed by atoms with Crippen LogP contribution in [0.5, 0.6) is 0 Å². The molecule has 24 heavy (non-hydrogen) atoms. The Kier molecular flexibility index (Phi) is 4.10. The van der Waals surface area contributed by atoms with Gasteiger partial charge in [0.1, 0.15) is 12.2 Å². The molecule has 0 bridgehead atoms. The molecule has 7 heteroatoms. The van der Waals surface area contributed by atoms with Gasteiger partial charge < -0.3 is 14.5 Å². The number of aromatic nitrogens is 1. The third kappa shape index (κ3) is 3.08. The highest BCUT2D eigenvalue weighted by atomic mass is 32.2. The fourth-order valence-electron chi connectivity index (χ4n) is 2.46. The molecule has 0 saturated carbocycles. The van der Waals surface area contributed by atoms with E-state index in [2.05, 4.69) is 14.6 Å². The van der Waals surface area contributed by atoms with Gasteiger partial charge in [-0.15, -0.1) is 0 Å². The van der Waals surface area contributed by atoms with Crippen LogP contribution in [0.25, 0.3) is 11.1 Å². The first kappa shape index (κ1) is 15.0. The molecule has 0 atom stereocenters. The first-order valence-corrected chi connectivity index (χ1v) is 8.47. The van der Waals surface area contributed by atoms with Gasteiger partial charge in [-0.3, -0.25) is 9.10 Å². The predicted octanol–water partition coefficient (Wildman–Crippen LogP) is 3.52. The van der Waals surface area contributed by atoms with Gasteiger partial charge in [0.05, 0.1) is 6.61 Å². The smallest absolute Gasteiger partial charge is 0.255 e. The van der Waals surface area contributed by atoms with Crippen LogP contribution in [-0.4, -0.2) is 30.0 Å². The van der Waals surface area contributed by atoms with E-state index in [9.17, 15) is 4.79 Å². The van der Waals surface area contributed by atoms with Crippen LogP contribution < -0.4 is 9.62 Å². The van der Waals surface area contributed by atoms with E-state index in [1.54, 1.807) is 24.1 Å². The first-order chi connectivity index (χ1) is 11.8. The molecule has 2 heterocycles. The zero-order valence-electron chi connectivity index (χ0n) is 12.8. The number of benzene rings is 2. The number of nitrogens with zero attached hydrogens (tertiary/aromatic N) is 2. The summed E-state index contributed by atoms with van der Waals surface area (Å²) in [7, 11) is 0. The Hall–Kier alpha value is -2.51. The summed E-state index contributed by atoms with van der Waals surface area (Å²) in [5.41, 5.74) is 3.70. The molecule has 4 rings (SSSR count). The average molecular weight is 341 g/mol. The van der Waals surface area contributed by atoms with Crippen molar-refractivity contribution in [2.75, 3.05) is 28.7 Å². The molecule has 0 radical (unpaired) electrons. The van der Waals surface area contributed by atoms with E-state index in [-0.39, 0.29) is 5.91 Å². The maximum absolute atomic E-state index is 12.4. The van der Waals surface area contributed by atoms with E-state index in [0.29, 0.717) is 23.6 Å². The summed E-state index contributed by atoms with van der Waals surface area (Å²) >= 11 is 1.73. The molecule has 1 N–H and O–H groups in total. The van der Waals surface area contributed by atoms with E-state index in [4.69, 9.17) is 9.15 Å². The molecule has 2 aromatic carbocycles. The van der Waals surface area contributed by atoms with Gasteiger partial charge in [0.2, 0.25) is 0 Å². The summed E-state index contributed by atoms with van der Waals surface area (Å²) in [5.74, 6) is 0.773. The molecular formula is C17H15N3O3S. The topological polar surface area (TPSA) is 67.6 Å². The molecule has 122 valence electrons. The van der Waals surface area contributed by atoms with Crippen LogP contribution in [0.4, 0.5) is 11.4 Å². The van der Waals surface area contributed by atoms with Gasteiger partial charge in [-0.05, 0) is 48.3 Å². The summed E-state index contributed by atoms with van der Waals surface area (Å²) in [6, 6.07) is 12.9. The molecule has 0 aliphatic carbocycles. The normalized spacial score (nSPS) is 14.8. The van der Waals surface area contributed by atoms with E-state index in [1.165, 1.54) is 6.39 Å². The molecular weight excluding hydrogens is 326 g/mol. The quantitative estimate of drug-likeness (QED) is 0.735. The monoisotopic (exact) mass is 341 g/mol. The Morgan fingerprint density at radius 3 is 2.88 bits per heavy atom. The Labute approximate surface area is 142 Å². The summed E-state index contributed by atoms with van der Waals surface area (Å²) in [6.45, 7) is 1.34. The minimum atomic E-state index is -0.164. The number of ether oxygens (including phenoxy) is 1. The zero-order chi connectivity index (χ0) is 16.4. The van der Waals surface area contributed by atoms with Gasteiger partial charge in [-0.2, -0.15) is 0 Å². The summed E-state index contributed by atoms with van der Waals surface area (Å²) in [5, 5.41) is 2.87. The second kappa shape index (κ2) is 6.54. The van der Waals surface area contributed by atoms with Crippen molar-refractivity contribution in [3.8, 4) is 0 Å². The number of nitrogens with one attached hydrogen (secondary N) is 1. The van der Waals surface area contributed by atoms with E-state index < -0.39 is 0 Å². The van der Waals surface area contributed by atoms with Gasteiger partial charge in [0.15, 0.2) is 12.0 Å². The van der Waals surface area contributed by atoms with Crippen LogP contribution in [-0.2, 0) is 4.74 Å². The lowest BCUT2D eigenvalue weighted by atomic mass is 10.2. The van der Waals surface area contributed by atoms with Gasteiger partial charge >= 0.3 is 0 Å². The lowest BCUT2D eigenvalue weighted by molar-refractivity contribution is 0.102. The van der Waals surface area contributed by atoms with Crippen molar-refractivity contribution < 1.29 is 13.9 Å². The first-order valence-electron chi connectivity index (χ1n) is 7.52.